The van der Waals surface area contributed by atoms with E-state index in [9.17, 15) is 39.3 Å². The van der Waals surface area contributed by atoms with Gasteiger partial charge in [0.1, 0.15) is 36.5 Å². The number of anilines is 2. The second-order valence-electron chi connectivity index (χ2n) is 18.6. The van der Waals surface area contributed by atoms with Crippen molar-refractivity contribution in [3.05, 3.63) is 82.5 Å². The number of aliphatic hydroxyl groups excluding tert-OH is 3. The van der Waals surface area contributed by atoms with Crippen LogP contribution in [0.3, 0.4) is 0 Å². The molecule has 2 saturated heterocycles. The van der Waals surface area contributed by atoms with Crippen LogP contribution < -0.4 is 27.0 Å². The normalized spacial score (nSPS) is 19.6. The van der Waals surface area contributed by atoms with E-state index in [0.29, 0.717) is 43.9 Å². The van der Waals surface area contributed by atoms with Gasteiger partial charge < -0.3 is 66.4 Å². The van der Waals surface area contributed by atoms with Crippen molar-refractivity contribution in [2.75, 3.05) is 63.5 Å². The average molecular weight is 987 g/mol. The van der Waals surface area contributed by atoms with Crippen molar-refractivity contribution in [1.29, 1.82) is 0 Å². The Morgan fingerprint density at radius 3 is 2.31 bits per heavy atom. The van der Waals surface area contributed by atoms with Crippen LogP contribution in [0.4, 0.5) is 16.6 Å². The lowest BCUT2D eigenvalue weighted by atomic mass is 9.90. The highest BCUT2D eigenvalue weighted by Crippen LogP contribution is 2.29. The van der Waals surface area contributed by atoms with Gasteiger partial charge in [-0.15, -0.1) is 0 Å². The van der Waals surface area contributed by atoms with Crippen LogP contribution in [0.2, 0.25) is 0 Å². The molecule has 2 fully saturated rings. The van der Waals surface area contributed by atoms with Gasteiger partial charge in [0, 0.05) is 77.4 Å². The van der Waals surface area contributed by atoms with Gasteiger partial charge in [-0.1, -0.05) is 76.1 Å². The molecule has 386 valence electrons. The number of hydrogen-bond acceptors (Lipinski definition) is 15. The number of ether oxygens (including phenoxy) is 2. The Morgan fingerprint density at radius 1 is 0.873 bits per heavy atom. The van der Waals surface area contributed by atoms with Gasteiger partial charge in [0.15, 0.2) is 5.82 Å². The van der Waals surface area contributed by atoms with Gasteiger partial charge in [-0.2, -0.15) is 4.98 Å². The Labute approximate surface area is 413 Å². The first-order valence-electron chi connectivity index (χ1n) is 24.4. The number of carboxylic acids is 1. The highest BCUT2D eigenvalue weighted by Gasteiger charge is 2.43. The molecule has 10 N–H and O–H groups in total. The molecule has 0 radical (unpaired) electrons. The molecule has 2 aliphatic rings. The molecule has 6 rings (SSSR count). The molecule has 21 nitrogen and oxygen atoms in total. The van der Waals surface area contributed by atoms with Crippen molar-refractivity contribution in [2.24, 2.45) is 11.8 Å². The van der Waals surface area contributed by atoms with E-state index in [1.807, 2.05) is 12.3 Å². The number of piperazine rings is 1. The third-order valence-electron chi connectivity index (χ3n) is 13.0. The predicted octanol–water partition coefficient (Wildman–Crippen LogP) is 2.43. The number of carbonyl (C=O) groups is 5. The lowest BCUT2D eigenvalue weighted by molar-refractivity contribution is -0.195. The number of amides is 4. The van der Waals surface area contributed by atoms with Gasteiger partial charge in [-0.05, 0) is 47.2 Å². The molecule has 71 heavy (non-hydrogen) atoms. The van der Waals surface area contributed by atoms with E-state index in [0.717, 1.165) is 49.2 Å². The first-order valence-corrected chi connectivity index (χ1v) is 24.4. The van der Waals surface area contributed by atoms with Crippen LogP contribution >= 0.6 is 0 Å². The smallest absolute Gasteiger partial charge is 0.410 e. The van der Waals surface area contributed by atoms with E-state index in [1.165, 1.54) is 23.6 Å². The van der Waals surface area contributed by atoms with Crippen molar-refractivity contribution in [2.45, 2.75) is 110 Å². The number of hydrogen-bond donors (Lipinski definition) is 9. The van der Waals surface area contributed by atoms with Crippen LogP contribution in [-0.2, 0) is 48.3 Å². The number of nitrogen functional groups attached to an aromatic ring is 1. The van der Waals surface area contributed by atoms with Gasteiger partial charge in [0.2, 0.25) is 23.7 Å². The molecule has 4 unspecified atom stereocenters. The molecule has 2 aromatic heterocycles. The van der Waals surface area contributed by atoms with Crippen molar-refractivity contribution >= 4 is 52.6 Å². The number of nitrogens with one attached hydrogen (secondary N) is 4. The topological polar surface area (TPSA) is 296 Å². The number of unbranched alkanes of at least 4 members (excludes halogenated alkanes) is 2. The first kappa shape index (κ1) is 54.0. The number of rotatable bonds is 23. The molecule has 7 atom stereocenters. The molecular formula is C50H70N10O11. The van der Waals surface area contributed by atoms with Crippen molar-refractivity contribution in [3.63, 3.8) is 0 Å². The molecule has 0 saturated carbocycles. The fraction of sp³-hybridized carbons (Fsp3) is 0.540. The van der Waals surface area contributed by atoms with E-state index < -0.39 is 72.1 Å². The van der Waals surface area contributed by atoms with Crippen LogP contribution in [0.5, 0.6) is 0 Å². The Balaban J connectivity index is 0.971. The lowest BCUT2D eigenvalue weighted by Crippen LogP contribution is -2.57. The zero-order chi connectivity index (χ0) is 51.2. The number of aliphatic hydroxyl groups is 3. The molecule has 0 bridgehead atoms. The Morgan fingerprint density at radius 2 is 1.61 bits per heavy atom. The monoisotopic (exact) mass is 987 g/mol. The van der Waals surface area contributed by atoms with Gasteiger partial charge in [-0.25, -0.2) is 9.78 Å². The highest BCUT2D eigenvalue weighted by molar-refractivity contribution is 5.88. The molecule has 2 aliphatic heterocycles. The summed E-state index contributed by atoms with van der Waals surface area (Å²) in [5.41, 5.74) is 12.5. The minimum atomic E-state index is -1.56. The van der Waals surface area contributed by atoms with Crippen molar-refractivity contribution in [1.82, 2.24) is 40.3 Å². The quantitative estimate of drug-likeness (QED) is 0.0483. The Hall–Kier alpha value is -6.39. The number of aliphatic carboxylic acids is 1. The van der Waals surface area contributed by atoms with Gasteiger partial charge in [-0.3, -0.25) is 24.1 Å². The van der Waals surface area contributed by atoms with Crippen LogP contribution in [0.1, 0.15) is 86.7 Å². The number of nitrogens with zero attached hydrogens (tertiary/aromatic N) is 5. The first-order chi connectivity index (χ1) is 34.0. The molecule has 4 heterocycles. The zero-order valence-corrected chi connectivity index (χ0v) is 41.0. The summed E-state index contributed by atoms with van der Waals surface area (Å²) in [5.74, 6) is -3.08. The summed E-state index contributed by atoms with van der Waals surface area (Å²) in [6.45, 7) is 11.5. The number of fused-ring (bicyclic) bond motifs is 1. The molecule has 0 spiro atoms. The van der Waals surface area contributed by atoms with Gasteiger partial charge in [0.05, 0.1) is 30.5 Å². The maximum Gasteiger partial charge on any atom is 0.410 e. The molecule has 4 aromatic rings. The van der Waals surface area contributed by atoms with E-state index in [1.54, 1.807) is 36.1 Å². The van der Waals surface area contributed by atoms with E-state index in [-0.39, 0.29) is 45.1 Å². The molecular weight excluding hydrogens is 917 g/mol. The van der Waals surface area contributed by atoms with Gasteiger partial charge in [0.25, 0.3) is 0 Å². The highest BCUT2D eigenvalue weighted by atomic mass is 16.6. The van der Waals surface area contributed by atoms with Crippen LogP contribution in [0.25, 0.3) is 11.0 Å². The summed E-state index contributed by atoms with van der Waals surface area (Å²) in [5, 5.41) is 51.9. The number of carbonyl (C=O) groups excluding carboxylic acids is 4. The molecule has 4 amide bonds. The summed E-state index contributed by atoms with van der Waals surface area (Å²) in [7, 11) is 0. The molecule has 21 heteroatoms. The van der Waals surface area contributed by atoms with Crippen molar-refractivity contribution < 1.29 is 53.9 Å². The standard InChI is InChI=1S/C50H70N10O11/c1-5-6-7-16-52-46-42-37(55-49(51)57-46)15-18-60(42)27-36-13-10-34(23-30(36)2)26-58-19-21-59(22-20-58)50(69)71-28-33-8-11-35(12-9-33)41(45-44(66)43(65)38(61)29-70-45)56-48(68)32(4)25-54-39(62)14-17-53-47(67)31(3)24-40(63)64/h8-13,15,18,23,31-32,38,41,43-45,61,65-66H,5-7,14,16-17,19-22,24-29H2,1-4H3,(H,53,67)(H,54,62)(H,56,68)(H,63,64)(H3,51,52,55,57)/t31?,32?,38-,41?,43-,44-,45?/m1/s1. The van der Waals surface area contributed by atoms with Gasteiger partial charge >= 0.3 is 12.1 Å². The van der Waals surface area contributed by atoms with Crippen LogP contribution in [-0.4, -0.2) is 151 Å². The second-order valence-corrected chi connectivity index (χ2v) is 18.6. The minimum absolute atomic E-state index is 0.0199. The maximum atomic E-state index is 13.5. The van der Waals surface area contributed by atoms with E-state index in [2.05, 4.69) is 72.7 Å². The molecule has 2 aromatic carbocycles. The number of aromatic nitrogens is 3. The molecule has 0 aliphatic carbocycles. The fourth-order valence-electron chi connectivity index (χ4n) is 8.63. The van der Waals surface area contributed by atoms with Crippen molar-refractivity contribution in [3.8, 4) is 0 Å². The average Bonchev–Trinajstić information content (AvgIpc) is 3.75. The summed E-state index contributed by atoms with van der Waals surface area (Å²) in [4.78, 5) is 75.1. The van der Waals surface area contributed by atoms with E-state index >= 15 is 0 Å². The zero-order valence-electron chi connectivity index (χ0n) is 41.0. The number of benzene rings is 2. The number of nitrogens with two attached hydrogens (primary N) is 1. The minimum Gasteiger partial charge on any atom is -0.481 e. The van der Waals surface area contributed by atoms with Crippen LogP contribution in [0.15, 0.2) is 54.7 Å². The lowest BCUT2D eigenvalue weighted by Gasteiger charge is -2.40. The summed E-state index contributed by atoms with van der Waals surface area (Å²) < 4.78 is 13.6. The Kier molecular flexibility index (Phi) is 19.5. The maximum absolute atomic E-state index is 13.5. The number of carboxylic acid groups (broad SMARTS) is 1. The second kappa shape index (κ2) is 25.6. The van der Waals surface area contributed by atoms with Crippen LogP contribution in [0, 0.1) is 18.8 Å². The predicted molar refractivity (Wildman–Crippen MR) is 264 cm³/mol. The SMILES string of the molecule is CCCCCNc1nc(N)nc2ccn(Cc3ccc(CN4CCN(C(=O)OCc5ccc(C(NC(=O)C(C)CNC(=O)CCNC(=O)C(C)CC(=O)O)C6OC[C@@H](O)[C@@H](O)[C@H]6O)cc5)CC4)cc3C)c12. The number of aryl methyl sites for hydroxylation is 1. The largest absolute Gasteiger partial charge is 0.481 e. The summed E-state index contributed by atoms with van der Waals surface area (Å²) in [6.07, 6.45) is -1.12. The summed E-state index contributed by atoms with van der Waals surface area (Å²) >= 11 is 0. The summed E-state index contributed by atoms with van der Waals surface area (Å²) in [6, 6.07) is 14.3. The van der Waals surface area contributed by atoms with E-state index in [4.69, 9.17) is 20.3 Å². The Bertz CT molecular complexity index is 2440. The third-order valence-corrected chi connectivity index (χ3v) is 13.0. The third kappa shape index (κ3) is 15.1. The fourth-order valence-corrected chi connectivity index (χ4v) is 8.63.